The second-order valence-electron chi connectivity index (χ2n) is 4.44. The van der Waals surface area contributed by atoms with Crippen LogP contribution in [0.1, 0.15) is 0 Å². The Balaban J connectivity index is 1.97. The number of benzene rings is 1. The van der Waals surface area contributed by atoms with Crippen molar-refractivity contribution in [2.24, 2.45) is 0 Å². The van der Waals surface area contributed by atoms with Gasteiger partial charge in [-0.3, -0.25) is 4.90 Å². The first-order valence-corrected chi connectivity index (χ1v) is 7.60. The van der Waals surface area contributed by atoms with Gasteiger partial charge in [-0.1, -0.05) is 31.4 Å². The summed E-state index contributed by atoms with van der Waals surface area (Å²) in [6.07, 6.45) is 8.73. The number of carbonyl (C=O) groups excluding carboxylic acids is 1. The van der Waals surface area contributed by atoms with Gasteiger partial charge in [0.25, 0.3) is 0 Å². The Bertz CT molecular complexity index is 606. The molecule has 1 aromatic carbocycles. The molecule has 4 nitrogen and oxygen atoms in total. The van der Waals surface area contributed by atoms with Crippen molar-refractivity contribution in [1.82, 2.24) is 5.32 Å². The molecule has 1 fully saturated rings. The molecule has 0 saturated carbocycles. The van der Waals surface area contributed by atoms with E-state index in [0.717, 1.165) is 10.6 Å². The van der Waals surface area contributed by atoms with E-state index in [4.69, 9.17) is 4.18 Å². The maximum Gasteiger partial charge on any atom is 0.321 e. The summed E-state index contributed by atoms with van der Waals surface area (Å²) in [7, 11) is 0. The third kappa shape index (κ3) is 4.30. The zero-order valence-corrected chi connectivity index (χ0v) is 13.0. The summed E-state index contributed by atoms with van der Waals surface area (Å²) >= 11 is 1.25. The highest BCUT2D eigenvalue weighted by Crippen LogP contribution is 2.26. The van der Waals surface area contributed by atoms with Crippen molar-refractivity contribution in [3.05, 3.63) is 73.6 Å². The van der Waals surface area contributed by atoms with Crippen LogP contribution in [0.2, 0.25) is 0 Å². The summed E-state index contributed by atoms with van der Waals surface area (Å²) in [5.74, 6) is 0.683. The Kier molecular flexibility index (Phi) is 5.91. The molecule has 0 spiro atoms. The maximum atomic E-state index is 11.6. The number of hydrogen-bond acceptors (Lipinski definition) is 3. The highest BCUT2D eigenvalue weighted by Gasteiger charge is 2.20. The van der Waals surface area contributed by atoms with Crippen molar-refractivity contribution in [2.75, 3.05) is 18.0 Å². The Morgan fingerprint density at radius 1 is 1.27 bits per heavy atom. The summed E-state index contributed by atoms with van der Waals surface area (Å²) in [5.41, 5.74) is 0.882. The smallest absolute Gasteiger partial charge is 0.321 e. The number of nitrogens with zero attached hydrogens (tertiary/aromatic N) is 1. The van der Waals surface area contributed by atoms with Crippen LogP contribution in [0.15, 0.2) is 78.5 Å². The number of rotatable bonds is 7. The average Bonchev–Trinajstić information content (AvgIpc) is 2.97. The molecule has 0 aromatic heterocycles. The van der Waals surface area contributed by atoms with E-state index in [0.29, 0.717) is 18.8 Å². The topological polar surface area (TPSA) is 41.6 Å². The number of anilines is 1. The molecule has 2 rings (SSSR count). The minimum absolute atomic E-state index is 0.0533. The van der Waals surface area contributed by atoms with Crippen molar-refractivity contribution < 1.29 is 8.98 Å². The average molecular weight is 314 g/mol. The second kappa shape index (κ2) is 8.14. The van der Waals surface area contributed by atoms with Gasteiger partial charge in [0.15, 0.2) is 0 Å². The highest BCUT2D eigenvalue weighted by atomic mass is 32.2. The monoisotopic (exact) mass is 314 g/mol. The first kappa shape index (κ1) is 16.0. The summed E-state index contributed by atoms with van der Waals surface area (Å²) in [6, 6.07) is 7.62. The molecule has 0 unspecified atom stereocenters. The zero-order chi connectivity index (χ0) is 15.8. The van der Waals surface area contributed by atoms with E-state index in [1.54, 1.807) is 29.2 Å². The number of amides is 2. The molecular formula is C17H18N2O2S. The lowest BCUT2D eigenvalue weighted by molar-refractivity contribution is 0.252. The molecule has 1 aliphatic heterocycles. The van der Waals surface area contributed by atoms with Crippen LogP contribution in [-0.2, 0) is 4.18 Å². The first-order valence-electron chi connectivity index (χ1n) is 6.86. The molecule has 5 heteroatoms. The van der Waals surface area contributed by atoms with Gasteiger partial charge in [0.1, 0.15) is 5.76 Å². The van der Waals surface area contributed by atoms with Crippen molar-refractivity contribution in [3.63, 3.8) is 0 Å². The van der Waals surface area contributed by atoms with Gasteiger partial charge in [0, 0.05) is 23.7 Å². The second-order valence-corrected chi connectivity index (χ2v) is 5.25. The highest BCUT2D eigenvalue weighted by molar-refractivity contribution is 7.94. The first-order chi connectivity index (χ1) is 10.7. The third-order valence-electron chi connectivity index (χ3n) is 2.92. The van der Waals surface area contributed by atoms with Crippen molar-refractivity contribution in [2.45, 2.75) is 4.90 Å². The van der Waals surface area contributed by atoms with Crippen molar-refractivity contribution >= 4 is 23.8 Å². The van der Waals surface area contributed by atoms with E-state index in [9.17, 15) is 4.79 Å². The Labute approximate surface area is 135 Å². The van der Waals surface area contributed by atoms with E-state index in [1.807, 2.05) is 30.3 Å². The molecule has 0 bridgehead atoms. The van der Waals surface area contributed by atoms with E-state index >= 15 is 0 Å². The van der Waals surface area contributed by atoms with Crippen LogP contribution >= 0.6 is 12.0 Å². The molecular weight excluding hydrogens is 296 g/mol. The molecule has 1 N–H and O–H groups in total. The van der Waals surface area contributed by atoms with Crippen LogP contribution in [0, 0.1) is 0 Å². The van der Waals surface area contributed by atoms with Crippen LogP contribution in [0.25, 0.3) is 0 Å². The summed E-state index contributed by atoms with van der Waals surface area (Å²) in [4.78, 5) is 14.3. The molecule has 1 aliphatic rings. The quantitative estimate of drug-likeness (QED) is 0.469. The Morgan fingerprint density at radius 3 is 2.64 bits per heavy atom. The van der Waals surface area contributed by atoms with Gasteiger partial charge in [-0.15, -0.1) is 0 Å². The predicted octanol–water partition coefficient (Wildman–Crippen LogP) is 4.05. The summed E-state index contributed by atoms with van der Waals surface area (Å²) in [6.45, 7) is 8.66. The number of nitrogens with one attached hydrogen (secondary N) is 1. The third-order valence-corrected chi connectivity index (χ3v) is 3.66. The van der Waals surface area contributed by atoms with Gasteiger partial charge in [0.2, 0.25) is 0 Å². The van der Waals surface area contributed by atoms with E-state index in [-0.39, 0.29) is 6.03 Å². The molecule has 0 aliphatic carbocycles. The minimum Gasteiger partial charge on any atom is -0.421 e. The fraction of sp³-hybridized carbons (Fsp3) is 0.118. The van der Waals surface area contributed by atoms with Crippen LogP contribution in [0.3, 0.4) is 0 Å². The van der Waals surface area contributed by atoms with Crippen molar-refractivity contribution in [1.29, 1.82) is 0 Å². The van der Waals surface area contributed by atoms with Gasteiger partial charge in [0.05, 0.1) is 12.0 Å². The van der Waals surface area contributed by atoms with Gasteiger partial charge < -0.3 is 9.50 Å². The van der Waals surface area contributed by atoms with Gasteiger partial charge >= 0.3 is 6.03 Å². The van der Waals surface area contributed by atoms with Crippen LogP contribution < -0.4 is 10.2 Å². The van der Waals surface area contributed by atoms with Gasteiger partial charge in [-0.05, 0) is 36.4 Å². The molecule has 1 heterocycles. The largest absolute Gasteiger partial charge is 0.421 e. The Hall–Kier alpha value is -2.40. The van der Waals surface area contributed by atoms with E-state index in [1.165, 1.54) is 12.0 Å². The normalized spacial score (nSPS) is 15.0. The summed E-state index contributed by atoms with van der Waals surface area (Å²) in [5, 5.41) is 2.78. The predicted molar refractivity (Wildman–Crippen MR) is 91.7 cm³/mol. The van der Waals surface area contributed by atoms with E-state index < -0.39 is 0 Å². The Morgan fingerprint density at radius 2 is 2.05 bits per heavy atom. The van der Waals surface area contributed by atoms with Gasteiger partial charge in [-0.25, -0.2) is 4.79 Å². The van der Waals surface area contributed by atoms with Crippen LogP contribution in [0.4, 0.5) is 10.5 Å². The molecule has 0 atom stereocenters. The SMILES string of the molecule is C=C/C=C\C(=C/C=C)OSc1ccc(N2CCNC2=O)cc1. The van der Waals surface area contributed by atoms with Crippen molar-refractivity contribution in [3.8, 4) is 0 Å². The number of carbonyl (C=O) groups is 1. The fourth-order valence-electron chi connectivity index (χ4n) is 1.89. The maximum absolute atomic E-state index is 11.6. The lowest BCUT2D eigenvalue weighted by Crippen LogP contribution is -2.27. The number of hydrogen-bond donors (Lipinski definition) is 1. The van der Waals surface area contributed by atoms with E-state index in [2.05, 4.69) is 18.5 Å². The molecule has 22 heavy (non-hydrogen) atoms. The zero-order valence-electron chi connectivity index (χ0n) is 12.2. The molecule has 1 aromatic rings. The summed E-state index contributed by atoms with van der Waals surface area (Å²) < 4.78 is 5.64. The number of allylic oxidation sites excluding steroid dienone is 5. The van der Waals surface area contributed by atoms with Gasteiger partial charge in [-0.2, -0.15) is 0 Å². The molecule has 114 valence electrons. The molecule has 1 saturated heterocycles. The lowest BCUT2D eigenvalue weighted by atomic mass is 10.3. The lowest BCUT2D eigenvalue weighted by Gasteiger charge is -2.14. The minimum atomic E-state index is -0.0533. The van der Waals surface area contributed by atoms with Crippen LogP contribution in [0.5, 0.6) is 0 Å². The number of urea groups is 1. The van der Waals surface area contributed by atoms with Crippen LogP contribution in [-0.4, -0.2) is 19.1 Å². The fourth-order valence-corrected chi connectivity index (χ4v) is 2.44. The molecule has 0 radical (unpaired) electrons. The standard InChI is InChI=1S/C17H18N2O2S/c1-3-5-7-15(6-4-2)21-22-16-10-8-14(9-11-16)19-13-12-18-17(19)20/h3-11H,1-2,12-13H2,(H,18,20)/b7-5-,15-6+. The molecule has 2 amide bonds.